The summed E-state index contributed by atoms with van der Waals surface area (Å²) >= 11 is 0. The maximum Gasteiger partial charge on any atom is 0.162 e. The molecule has 0 saturated carbocycles. The fraction of sp³-hybridized carbons (Fsp3) is 0.118. The van der Waals surface area contributed by atoms with Crippen LogP contribution >= 0.6 is 0 Å². The fourth-order valence-corrected chi connectivity index (χ4v) is 4.08. The lowest BCUT2D eigenvalue weighted by Crippen LogP contribution is -2.15. The van der Waals surface area contributed by atoms with Crippen LogP contribution in [0.25, 0.3) is 12.2 Å². The molecule has 0 aromatic heterocycles. The summed E-state index contributed by atoms with van der Waals surface area (Å²) < 4.78 is 22.4. The average molecular weight is 497 g/mol. The number of ether oxygens (including phenoxy) is 4. The quantitative estimate of drug-likeness (QED) is 0.245. The van der Waals surface area contributed by atoms with Crippen LogP contribution in [0.2, 0.25) is 0 Å². The van der Waals surface area contributed by atoms with E-state index in [-0.39, 0.29) is 0 Å². The third kappa shape index (κ3) is 5.67. The van der Waals surface area contributed by atoms with E-state index in [9.17, 15) is 0 Å². The largest absolute Gasteiger partial charge is 0.486 e. The third-order valence-electron chi connectivity index (χ3n) is 6.08. The first kappa shape index (κ1) is 23.3. The van der Waals surface area contributed by atoms with Crippen molar-refractivity contribution in [1.29, 1.82) is 0 Å². The number of benzene rings is 4. The van der Waals surface area contributed by atoms with E-state index in [1.54, 1.807) is 0 Å². The third-order valence-corrected chi connectivity index (χ3v) is 6.08. The second kappa shape index (κ2) is 10.9. The summed E-state index contributed by atoms with van der Waals surface area (Å²) in [4.78, 5) is 0. The van der Waals surface area contributed by atoms with Gasteiger partial charge in [-0.3, -0.25) is 0 Å². The predicted octanol–water partition coefficient (Wildman–Crippen LogP) is 6.20. The van der Waals surface area contributed by atoms with Gasteiger partial charge in [-0.25, -0.2) is 0 Å². The highest BCUT2D eigenvalue weighted by Gasteiger charge is 2.11. The number of fused-ring (bicyclic) bond motifs is 2. The lowest BCUT2D eigenvalue weighted by atomic mass is 10.1. The van der Waals surface area contributed by atoms with Crippen LogP contribution in [0.1, 0.15) is 33.4 Å². The van der Waals surface area contributed by atoms with Gasteiger partial charge < -0.3 is 18.9 Å². The standard InChI is InChI=1S/C34H24O4/c1(25-3-7-27(8-4-25)11-13-29-15-17-31-33(23-29)37-21-19-35-31)2-26-5-9-28(10-6-26)12-14-30-16-18-32-34(24-30)38-22-20-36-32/h1-10,15-18,23-24H,19-22H2/b2-1+. The van der Waals surface area contributed by atoms with Crippen LogP contribution < -0.4 is 18.9 Å². The lowest BCUT2D eigenvalue weighted by molar-refractivity contribution is 0.171. The molecule has 0 saturated heterocycles. The Morgan fingerprint density at radius 2 is 0.737 bits per heavy atom. The van der Waals surface area contributed by atoms with E-state index >= 15 is 0 Å². The molecule has 0 fully saturated rings. The van der Waals surface area contributed by atoms with Gasteiger partial charge in [0.15, 0.2) is 23.0 Å². The minimum Gasteiger partial charge on any atom is -0.486 e. The van der Waals surface area contributed by atoms with Crippen molar-refractivity contribution in [3.63, 3.8) is 0 Å². The molecule has 0 aliphatic carbocycles. The first-order chi connectivity index (χ1) is 18.8. The first-order valence-electron chi connectivity index (χ1n) is 12.5. The Bertz CT molecular complexity index is 1490. The molecule has 0 spiro atoms. The topological polar surface area (TPSA) is 36.9 Å². The molecule has 4 aromatic carbocycles. The molecular formula is C34H24O4. The molecule has 38 heavy (non-hydrogen) atoms. The number of rotatable bonds is 2. The molecule has 2 aliphatic heterocycles. The summed E-state index contributed by atoms with van der Waals surface area (Å²) in [5, 5.41) is 0. The van der Waals surface area contributed by atoms with E-state index in [0.717, 1.165) is 56.4 Å². The van der Waals surface area contributed by atoms with Crippen molar-refractivity contribution in [2.75, 3.05) is 26.4 Å². The van der Waals surface area contributed by atoms with Gasteiger partial charge in [0.25, 0.3) is 0 Å². The molecule has 0 amide bonds. The summed E-state index contributed by atoms with van der Waals surface area (Å²) in [6.07, 6.45) is 4.18. The molecule has 2 heterocycles. The normalized spacial score (nSPS) is 13.2. The second-order valence-corrected chi connectivity index (χ2v) is 8.79. The maximum absolute atomic E-state index is 5.63. The Kier molecular flexibility index (Phi) is 6.70. The molecule has 0 N–H and O–H groups in total. The van der Waals surface area contributed by atoms with Crippen molar-refractivity contribution in [1.82, 2.24) is 0 Å². The van der Waals surface area contributed by atoms with E-state index in [1.165, 1.54) is 0 Å². The van der Waals surface area contributed by atoms with Crippen molar-refractivity contribution < 1.29 is 18.9 Å². The van der Waals surface area contributed by atoms with Crippen LogP contribution in [0.15, 0.2) is 84.9 Å². The van der Waals surface area contributed by atoms with Crippen LogP contribution in [0, 0.1) is 23.7 Å². The molecule has 0 atom stereocenters. The van der Waals surface area contributed by atoms with Gasteiger partial charge in [0.1, 0.15) is 26.4 Å². The fourth-order valence-electron chi connectivity index (χ4n) is 4.08. The highest BCUT2D eigenvalue weighted by molar-refractivity contribution is 5.70. The van der Waals surface area contributed by atoms with Crippen LogP contribution in [0.4, 0.5) is 0 Å². The van der Waals surface area contributed by atoms with Crippen LogP contribution in [0.3, 0.4) is 0 Å². The van der Waals surface area contributed by atoms with Gasteiger partial charge in [-0.05, 0) is 71.8 Å². The number of hydrogen-bond donors (Lipinski definition) is 0. The molecule has 0 bridgehead atoms. The Morgan fingerprint density at radius 3 is 1.16 bits per heavy atom. The van der Waals surface area contributed by atoms with Crippen molar-refractivity contribution in [3.05, 3.63) is 118 Å². The summed E-state index contributed by atoms with van der Waals surface area (Å²) in [5.41, 5.74) is 5.93. The molecule has 0 radical (unpaired) electrons. The number of hydrogen-bond acceptors (Lipinski definition) is 4. The van der Waals surface area contributed by atoms with Crippen molar-refractivity contribution in [3.8, 4) is 46.7 Å². The van der Waals surface area contributed by atoms with Crippen molar-refractivity contribution >= 4 is 12.2 Å². The minimum atomic E-state index is 0.569. The molecule has 4 aromatic rings. The van der Waals surface area contributed by atoms with Crippen molar-refractivity contribution in [2.45, 2.75) is 0 Å². The zero-order chi connectivity index (χ0) is 25.6. The second-order valence-electron chi connectivity index (χ2n) is 8.79. The molecule has 6 rings (SSSR count). The van der Waals surface area contributed by atoms with Crippen LogP contribution in [0.5, 0.6) is 23.0 Å². The van der Waals surface area contributed by atoms with Gasteiger partial charge in [0, 0.05) is 22.3 Å². The highest BCUT2D eigenvalue weighted by Crippen LogP contribution is 2.31. The summed E-state index contributed by atoms with van der Waals surface area (Å²) in [7, 11) is 0. The Hall–Kier alpha value is -5.06. The molecule has 2 aliphatic rings. The van der Waals surface area contributed by atoms with Gasteiger partial charge in [-0.15, -0.1) is 0 Å². The Balaban J connectivity index is 1.07. The van der Waals surface area contributed by atoms with Crippen LogP contribution in [-0.4, -0.2) is 26.4 Å². The van der Waals surface area contributed by atoms with E-state index < -0.39 is 0 Å². The van der Waals surface area contributed by atoms with Crippen molar-refractivity contribution in [2.24, 2.45) is 0 Å². The van der Waals surface area contributed by atoms with Crippen LogP contribution in [-0.2, 0) is 0 Å². The van der Waals surface area contributed by atoms with E-state index in [2.05, 4.69) is 60.1 Å². The SMILES string of the molecule is C(#Cc1ccc2c(c1)OCCO2)c1ccc(/C=C/c2ccc(C#Cc3ccc4c(c3)OCCO4)cc2)cc1. The van der Waals surface area contributed by atoms with Gasteiger partial charge >= 0.3 is 0 Å². The summed E-state index contributed by atoms with van der Waals surface area (Å²) in [6.45, 7) is 2.31. The summed E-state index contributed by atoms with van der Waals surface area (Å²) in [6, 6.07) is 28.0. The Labute approximate surface area is 222 Å². The lowest BCUT2D eigenvalue weighted by Gasteiger charge is -2.17. The van der Waals surface area contributed by atoms with Gasteiger partial charge in [-0.1, -0.05) is 60.1 Å². The molecule has 0 unspecified atom stereocenters. The molecule has 4 heteroatoms. The molecule has 184 valence electrons. The monoisotopic (exact) mass is 496 g/mol. The van der Waals surface area contributed by atoms with E-state index in [0.29, 0.717) is 26.4 Å². The maximum atomic E-state index is 5.63. The highest BCUT2D eigenvalue weighted by atomic mass is 16.6. The van der Waals surface area contributed by atoms with Gasteiger partial charge in [0.2, 0.25) is 0 Å². The van der Waals surface area contributed by atoms with Gasteiger partial charge in [0.05, 0.1) is 0 Å². The Morgan fingerprint density at radius 1 is 0.395 bits per heavy atom. The predicted molar refractivity (Wildman–Crippen MR) is 149 cm³/mol. The van der Waals surface area contributed by atoms with E-state index in [1.807, 2.05) is 60.7 Å². The zero-order valence-corrected chi connectivity index (χ0v) is 20.7. The summed E-state index contributed by atoms with van der Waals surface area (Å²) in [5.74, 6) is 15.9. The average Bonchev–Trinajstić information content (AvgIpc) is 2.99. The molecule has 4 nitrogen and oxygen atoms in total. The van der Waals surface area contributed by atoms with E-state index in [4.69, 9.17) is 18.9 Å². The smallest absolute Gasteiger partial charge is 0.162 e. The minimum absolute atomic E-state index is 0.569. The molecular weight excluding hydrogens is 472 g/mol. The van der Waals surface area contributed by atoms with Gasteiger partial charge in [-0.2, -0.15) is 0 Å². The first-order valence-corrected chi connectivity index (χ1v) is 12.5. The zero-order valence-electron chi connectivity index (χ0n) is 20.7.